The van der Waals surface area contributed by atoms with Crippen LogP contribution in [0.4, 0.5) is 0 Å². The molecule has 126 valence electrons. The Bertz CT molecular complexity index is 1100. The molecule has 0 fully saturated rings. The number of fused-ring (bicyclic) bond motifs is 2. The minimum absolute atomic E-state index is 0.0914. The molecule has 0 atom stereocenters. The van der Waals surface area contributed by atoms with Crippen LogP contribution in [0.1, 0.15) is 27.3 Å². The van der Waals surface area contributed by atoms with Crippen LogP contribution in [0.15, 0.2) is 48.8 Å². The van der Waals surface area contributed by atoms with Gasteiger partial charge >= 0.3 is 0 Å². The summed E-state index contributed by atoms with van der Waals surface area (Å²) in [5.41, 5.74) is 5.81. The number of pyridine rings is 1. The summed E-state index contributed by atoms with van der Waals surface area (Å²) in [6, 6.07) is 12.0. The van der Waals surface area contributed by atoms with Crippen LogP contribution in [0.5, 0.6) is 0 Å². The third-order valence-corrected chi connectivity index (χ3v) is 4.57. The van der Waals surface area contributed by atoms with Gasteiger partial charge in [-0.1, -0.05) is 24.3 Å². The lowest BCUT2D eigenvalue weighted by atomic mass is 10.2. The van der Waals surface area contributed by atoms with E-state index in [9.17, 15) is 4.79 Å². The second-order valence-electron chi connectivity index (χ2n) is 6.49. The van der Waals surface area contributed by atoms with E-state index in [1.165, 1.54) is 5.56 Å². The van der Waals surface area contributed by atoms with E-state index < -0.39 is 0 Å². The highest BCUT2D eigenvalue weighted by Crippen LogP contribution is 2.22. The molecule has 5 heteroatoms. The van der Waals surface area contributed by atoms with Gasteiger partial charge in [0.15, 0.2) is 0 Å². The van der Waals surface area contributed by atoms with Crippen molar-refractivity contribution in [3.63, 3.8) is 0 Å². The molecule has 4 aromatic rings. The summed E-state index contributed by atoms with van der Waals surface area (Å²) in [6.45, 7) is 4.51. The number of benzene rings is 1. The number of carbonyl (C=O) groups excluding carboxylic acids is 1. The standard InChI is InChI=1S/C20H20N4O/c1-13-7-8-18-22-16(12-24(18)11-13)10-21-20(25)17-9-15-6-4-5-14(2)19(15)23(17)3/h4-9,11-12H,10H2,1-3H3,(H,21,25). The molecule has 0 aliphatic heterocycles. The number of imidazole rings is 1. The Balaban J connectivity index is 1.57. The first-order valence-corrected chi connectivity index (χ1v) is 8.30. The summed E-state index contributed by atoms with van der Waals surface area (Å²) < 4.78 is 3.93. The first-order valence-electron chi connectivity index (χ1n) is 8.30. The fourth-order valence-electron chi connectivity index (χ4n) is 3.34. The number of para-hydroxylation sites is 1. The zero-order chi connectivity index (χ0) is 17.6. The van der Waals surface area contributed by atoms with Crippen molar-refractivity contribution >= 4 is 22.5 Å². The predicted octanol–water partition coefficient (Wildman–Crippen LogP) is 3.37. The Morgan fingerprint density at radius 1 is 1.16 bits per heavy atom. The van der Waals surface area contributed by atoms with Gasteiger partial charge in [0.2, 0.25) is 0 Å². The lowest BCUT2D eigenvalue weighted by Crippen LogP contribution is -2.25. The molecule has 0 aliphatic carbocycles. The molecule has 1 amide bonds. The van der Waals surface area contributed by atoms with Gasteiger partial charge in [-0.25, -0.2) is 4.98 Å². The lowest BCUT2D eigenvalue weighted by Gasteiger charge is -2.06. The number of nitrogens with one attached hydrogen (secondary N) is 1. The largest absolute Gasteiger partial charge is 0.345 e. The van der Waals surface area contributed by atoms with Crippen molar-refractivity contribution in [1.29, 1.82) is 0 Å². The van der Waals surface area contributed by atoms with Gasteiger partial charge in [-0.15, -0.1) is 0 Å². The molecule has 1 N–H and O–H groups in total. The maximum Gasteiger partial charge on any atom is 0.268 e. The highest BCUT2D eigenvalue weighted by molar-refractivity contribution is 5.99. The van der Waals surface area contributed by atoms with Crippen LogP contribution in [-0.2, 0) is 13.6 Å². The van der Waals surface area contributed by atoms with Crippen LogP contribution in [0.25, 0.3) is 16.6 Å². The molecule has 0 saturated heterocycles. The molecule has 3 heterocycles. The third kappa shape index (κ3) is 2.67. The van der Waals surface area contributed by atoms with E-state index in [-0.39, 0.29) is 5.91 Å². The quantitative estimate of drug-likeness (QED) is 0.625. The zero-order valence-electron chi connectivity index (χ0n) is 14.6. The number of hydrogen-bond donors (Lipinski definition) is 1. The second-order valence-corrected chi connectivity index (χ2v) is 6.49. The Morgan fingerprint density at radius 2 is 2.00 bits per heavy atom. The second kappa shape index (κ2) is 5.77. The summed E-state index contributed by atoms with van der Waals surface area (Å²) in [4.78, 5) is 17.2. The highest BCUT2D eigenvalue weighted by atomic mass is 16.1. The van der Waals surface area contributed by atoms with Crippen molar-refractivity contribution in [3.05, 3.63) is 71.3 Å². The number of amides is 1. The third-order valence-electron chi connectivity index (χ3n) is 4.57. The number of aryl methyl sites for hydroxylation is 3. The molecule has 0 bridgehead atoms. The summed E-state index contributed by atoms with van der Waals surface area (Å²) in [5.74, 6) is -0.0914. The highest BCUT2D eigenvalue weighted by Gasteiger charge is 2.14. The summed E-state index contributed by atoms with van der Waals surface area (Å²) in [7, 11) is 1.93. The molecule has 4 rings (SSSR count). The van der Waals surface area contributed by atoms with Crippen LogP contribution in [0, 0.1) is 13.8 Å². The fraction of sp³-hybridized carbons (Fsp3) is 0.200. The smallest absolute Gasteiger partial charge is 0.268 e. The van der Waals surface area contributed by atoms with Crippen molar-refractivity contribution < 1.29 is 4.79 Å². The summed E-state index contributed by atoms with van der Waals surface area (Å²) >= 11 is 0. The number of rotatable bonds is 3. The van der Waals surface area contributed by atoms with Gasteiger partial charge in [0.1, 0.15) is 11.3 Å². The van der Waals surface area contributed by atoms with Crippen LogP contribution < -0.4 is 5.32 Å². The van der Waals surface area contributed by atoms with Gasteiger partial charge in [-0.2, -0.15) is 0 Å². The van der Waals surface area contributed by atoms with Gasteiger partial charge in [0.05, 0.1) is 17.8 Å². The van der Waals surface area contributed by atoms with E-state index in [1.54, 1.807) is 0 Å². The first kappa shape index (κ1) is 15.4. The van der Waals surface area contributed by atoms with Crippen molar-refractivity contribution in [1.82, 2.24) is 19.3 Å². The molecule has 0 aliphatic rings. The predicted molar refractivity (Wildman–Crippen MR) is 98.8 cm³/mol. The number of aromatic nitrogens is 3. The van der Waals surface area contributed by atoms with E-state index >= 15 is 0 Å². The van der Waals surface area contributed by atoms with Crippen molar-refractivity contribution in [2.75, 3.05) is 0 Å². The Morgan fingerprint density at radius 3 is 2.80 bits per heavy atom. The maximum atomic E-state index is 12.6. The van der Waals surface area contributed by atoms with Crippen LogP contribution in [0.3, 0.4) is 0 Å². The average molecular weight is 332 g/mol. The van der Waals surface area contributed by atoms with Crippen LogP contribution in [-0.4, -0.2) is 19.9 Å². The molecule has 5 nitrogen and oxygen atoms in total. The number of carbonyl (C=O) groups is 1. The molecule has 0 spiro atoms. The molecule has 3 aromatic heterocycles. The maximum absolute atomic E-state index is 12.6. The van der Waals surface area contributed by atoms with E-state index in [4.69, 9.17) is 0 Å². The van der Waals surface area contributed by atoms with Gasteiger partial charge in [0.25, 0.3) is 5.91 Å². The SMILES string of the molecule is Cc1ccc2nc(CNC(=O)c3cc4cccc(C)c4n3C)cn2c1. The average Bonchev–Trinajstić information content (AvgIpc) is 3.14. The summed E-state index contributed by atoms with van der Waals surface area (Å²) in [5, 5.41) is 4.06. The van der Waals surface area contributed by atoms with Crippen molar-refractivity contribution in [3.8, 4) is 0 Å². The minimum atomic E-state index is -0.0914. The Kier molecular flexibility index (Phi) is 3.57. The Labute approximate surface area is 145 Å². The molecular formula is C20H20N4O. The Hall–Kier alpha value is -3.08. The zero-order valence-corrected chi connectivity index (χ0v) is 14.6. The van der Waals surface area contributed by atoms with E-state index in [1.807, 2.05) is 65.7 Å². The summed E-state index contributed by atoms with van der Waals surface area (Å²) in [6.07, 6.45) is 3.98. The molecule has 25 heavy (non-hydrogen) atoms. The molecule has 0 unspecified atom stereocenters. The molecule has 0 saturated carbocycles. The lowest BCUT2D eigenvalue weighted by molar-refractivity contribution is 0.0943. The monoisotopic (exact) mass is 332 g/mol. The van der Waals surface area contributed by atoms with Gasteiger partial charge in [-0.05, 0) is 37.1 Å². The van der Waals surface area contributed by atoms with E-state index in [2.05, 4.69) is 23.3 Å². The van der Waals surface area contributed by atoms with E-state index in [0.717, 1.165) is 27.8 Å². The van der Waals surface area contributed by atoms with Crippen molar-refractivity contribution in [2.24, 2.45) is 7.05 Å². The minimum Gasteiger partial charge on any atom is -0.345 e. The molecule has 0 radical (unpaired) electrons. The number of nitrogens with zero attached hydrogens (tertiary/aromatic N) is 3. The number of hydrogen-bond acceptors (Lipinski definition) is 2. The first-order chi connectivity index (χ1) is 12.0. The van der Waals surface area contributed by atoms with Gasteiger partial charge in [0, 0.05) is 24.8 Å². The van der Waals surface area contributed by atoms with Crippen molar-refractivity contribution in [2.45, 2.75) is 20.4 Å². The fourth-order valence-corrected chi connectivity index (χ4v) is 3.34. The topological polar surface area (TPSA) is 51.3 Å². The normalized spacial score (nSPS) is 11.3. The van der Waals surface area contributed by atoms with Gasteiger partial charge < -0.3 is 14.3 Å². The van der Waals surface area contributed by atoms with Crippen LogP contribution >= 0.6 is 0 Å². The van der Waals surface area contributed by atoms with Gasteiger partial charge in [-0.3, -0.25) is 4.79 Å². The molecule has 1 aromatic carbocycles. The molecular weight excluding hydrogens is 312 g/mol. The van der Waals surface area contributed by atoms with E-state index in [0.29, 0.717) is 12.2 Å². The van der Waals surface area contributed by atoms with Crippen LogP contribution in [0.2, 0.25) is 0 Å².